The van der Waals surface area contributed by atoms with Gasteiger partial charge < -0.3 is 9.84 Å². The van der Waals surface area contributed by atoms with Gasteiger partial charge in [-0.2, -0.15) is 0 Å². The molecule has 1 N–H and O–H groups in total. The molecule has 1 unspecified atom stereocenters. The third-order valence-electron chi connectivity index (χ3n) is 1.80. The Kier molecular flexibility index (Phi) is 3.04. The minimum atomic E-state index is -1.22. The second-order valence-corrected chi connectivity index (χ2v) is 2.68. The number of imide groups is 1. The minimum absolute atomic E-state index is 0.105. The van der Waals surface area contributed by atoms with Crippen LogP contribution in [-0.2, 0) is 9.53 Å². The van der Waals surface area contributed by atoms with Crippen molar-refractivity contribution in [3.05, 3.63) is 0 Å². The van der Waals surface area contributed by atoms with Gasteiger partial charge in [0.25, 0.3) is 0 Å². The highest BCUT2D eigenvalue weighted by molar-refractivity contribution is 5.78. The third kappa shape index (κ3) is 2.20. The summed E-state index contributed by atoms with van der Waals surface area (Å²) in [6.07, 6.45) is 0.755. The normalized spacial score (nSPS) is 22.2. The Morgan fingerprint density at radius 1 is 1.75 bits per heavy atom. The lowest BCUT2D eigenvalue weighted by Crippen LogP contribution is -2.35. The fourth-order valence-electron chi connectivity index (χ4n) is 1.17. The minimum Gasteiger partial charge on any atom is -0.465 e. The molecule has 2 amide bonds. The molecule has 5 nitrogen and oxygen atoms in total. The van der Waals surface area contributed by atoms with Crippen LogP contribution in [0.25, 0.3) is 0 Å². The number of rotatable bonds is 3. The molecule has 5 heteroatoms. The summed E-state index contributed by atoms with van der Waals surface area (Å²) >= 11 is 0. The molecule has 1 aliphatic heterocycles. The lowest BCUT2D eigenvalue weighted by atomic mass is 10.2. The van der Waals surface area contributed by atoms with Gasteiger partial charge in [-0.3, -0.25) is 4.79 Å². The quantitative estimate of drug-likeness (QED) is 0.623. The van der Waals surface area contributed by atoms with E-state index in [1.165, 1.54) is 0 Å². The first-order valence-corrected chi connectivity index (χ1v) is 3.80. The van der Waals surface area contributed by atoms with Crippen molar-refractivity contribution in [3.8, 4) is 0 Å². The van der Waals surface area contributed by atoms with Crippen molar-refractivity contribution in [2.24, 2.45) is 0 Å². The maximum absolute atomic E-state index is 10.4. The summed E-state index contributed by atoms with van der Waals surface area (Å²) in [5.74, 6) is 0. The van der Waals surface area contributed by atoms with Gasteiger partial charge in [0.15, 0.2) is 0 Å². The first-order valence-electron chi connectivity index (χ1n) is 3.80. The Bertz CT molecular complexity index is 176. The van der Waals surface area contributed by atoms with E-state index in [-0.39, 0.29) is 12.6 Å². The number of carboxylic acid groups (broad SMARTS) is 1. The number of nitrogens with zero attached hydrogens (tertiary/aromatic N) is 1. The van der Waals surface area contributed by atoms with E-state index >= 15 is 0 Å². The fraction of sp³-hybridized carbons (Fsp3) is 0.714. The van der Waals surface area contributed by atoms with Crippen molar-refractivity contribution < 1.29 is 19.4 Å². The molecule has 0 bridgehead atoms. The molecule has 1 aliphatic rings. The highest BCUT2D eigenvalue weighted by Gasteiger charge is 2.21. The molecule has 1 heterocycles. The summed E-state index contributed by atoms with van der Waals surface area (Å²) < 4.78 is 5.17. The molecule has 0 aliphatic carbocycles. The van der Waals surface area contributed by atoms with Crippen molar-refractivity contribution >= 4 is 12.5 Å². The van der Waals surface area contributed by atoms with Gasteiger partial charge in [0, 0.05) is 6.61 Å². The third-order valence-corrected chi connectivity index (χ3v) is 1.80. The molecule has 1 saturated heterocycles. The zero-order valence-electron chi connectivity index (χ0n) is 6.60. The highest BCUT2D eigenvalue weighted by Crippen LogP contribution is 2.12. The largest absolute Gasteiger partial charge is 0.465 e. The van der Waals surface area contributed by atoms with Gasteiger partial charge in [-0.15, -0.1) is 0 Å². The van der Waals surface area contributed by atoms with Crippen molar-refractivity contribution in [1.29, 1.82) is 0 Å². The topological polar surface area (TPSA) is 66.8 Å². The summed E-state index contributed by atoms with van der Waals surface area (Å²) in [6, 6.07) is 0. The highest BCUT2D eigenvalue weighted by atomic mass is 16.5. The van der Waals surface area contributed by atoms with E-state index in [0.29, 0.717) is 17.9 Å². The Hall–Kier alpha value is -1.10. The standard InChI is InChI=1S/C7H11NO4/c9-5-8(7(10)11)4-6-2-1-3-12-6/h5-6H,1-4H2,(H,10,11). The van der Waals surface area contributed by atoms with Crippen molar-refractivity contribution in [2.45, 2.75) is 18.9 Å². The van der Waals surface area contributed by atoms with Crippen LogP contribution >= 0.6 is 0 Å². The number of carbonyl (C=O) groups excluding carboxylic acids is 1. The Morgan fingerprint density at radius 2 is 2.50 bits per heavy atom. The monoisotopic (exact) mass is 173 g/mol. The molecule has 0 aromatic heterocycles. The van der Waals surface area contributed by atoms with Gasteiger partial charge in [0.05, 0.1) is 12.6 Å². The van der Waals surface area contributed by atoms with Crippen molar-refractivity contribution in [2.75, 3.05) is 13.2 Å². The smallest absolute Gasteiger partial charge is 0.413 e. The van der Waals surface area contributed by atoms with E-state index in [0.717, 1.165) is 12.8 Å². The summed E-state index contributed by atoms with van der Waals surface area (Å²) in [6.45, 7) is 0.815. The van der Waals surface area contributed by atoms with Gasteiger partial charge >= 0.3 is 6.09 Å². The number of hydrogen-bond acceptors (Lipinski definition) is 3. The zero-order valence-corrected chi connectivity index (χ0v) is 6.60. The first-order chi connectivity index (χ1) is 5.74. The van der Waals surface area contributed by atoms with Gasteiger partial charge in [0.1, 0.15) is 0 Å². The van der Waals surface area contributed by atoms with E-state index in [2.05, 4.69) is 0 Å². The zero-order chi connectivity index (χ0) is 8.97. The van der Waals surface area contributed by atoms with E-state index in [9.17, 15) is 9.59 Å². The summed E-state index contributed by atoms with van der Waals surface area (Å²) in [5, 5.41) is 8.47. The van der Waals surface area contributed by atoms with Crippen LogP contribution in [0.15, 0.2) is 0 Å². The SMILES string of the molecule is O=CN(CC1CCCO1)C(=O)O. The molecule has 0 aromatic rings. The lowest BCUT2D eigenvalue weighted by molar-refractivity contribution is -0.117. The van der Waals surface area contributed by atoms with Crippen LogP contribution in [0.3, 0.4) is 0 Å². The Balaban J connectivity index is 2.35. The van der Waals surface area contributed by atoms with Crippen LogP contribution in [0.1, 0.15) is 12.8 Å². The maximum atomic E-state index is 10.4. The summed E-state index contributed by atoms with van der Waals surface area (Å²) in [4.78, 5) is 21.3. The van der Waals surface area contributed by atoms with Gasteiger partial charge in [-0.05, 0) is 12.8 Å². The van der Waals surface area contributed by atoms with Crippen molar-refractivity contribution in [3.63, 3.8) is 0 Å². The van der Waals surface area contributed by atoms with Crippen LogP contribution in [0.2, 0.25) is 0 Å². The van der Waals surface area contributed by atoms with E-state index < -0.39 is 6.09 Å². The predicted octanol–water partition coefficient (Wildman–Crippen LogP) is 0.302. The first kappa shape index (κ1) is 8.99. The second kappa shape index (κ2) is 4.06. The van der Waals surface area contributed by atoms with Crippen LogP contribution in [0.4, 0.5) is 4.79 Å². The molecule has 0 saturated carbocycles. The molecule has 1 atom stereocenters. The van der Waals surface area contributed by atoms with Crippen LogP contribution in [-0.4, -0.2) is 41.8 Å². The maximum Gasteiger partial charge on any atom is 0.413 e. The molecular formula is C7H11NO4. The molecule has 1 fully saturated rings. The average molecular weight is 173 g/mol. The van der Waals surface area contributed by atoms with Gasteiger partial charge in [-0.25, -0.2) is 9.69 Å². The second-order valence-electron chi connectivity index (χ2n) is 2.68. The van der Waals surface area contributed by atoms with Crippen LogP contribution < -0.4 is 0 Å². The summed E-state index contributed by atoms with van der Waals surface area (Å²) in [5.41, 5.74) is 0. The Labute approximate surface area is 69.9 Å². The molecule has 0 aromatic carbocycles. The molecule has 68 valence electrons. The number of ether oxygens (including phenoxy) is 1. The number of hydrogen-bond donors (Lipinski definition) is 1. The Morgan fingerprint density at radius 3 is 2.92 bits per heavy atom. The molecule has 1 rings (SSSR count). The van der Waals surface area contributed by atoms with Gasteiger partial charge in [0.2, 0.25) is 6.41 Å². The van der Waals surface area contributed by atoms with E-state index in [1.807, 2.05) is 0 Å². The van der Waals surface area contributed by atoms with Crippen LogP contribution in [0, 0.1) is 0 Å². The van der Waals surface area contributed by atoms with E-state index in [4.69, 9.17) is 9.84 Å². The van der Waals surface area contributed by atoms with Crippen LogP contribution in [0.5, 0.6) is 0 Å². The fourth-order valence-corrected chi connectivity index (χ4v) is 1.17. The molecule has 12 heavy (non-hydrogen) atoms. The lowest BCUT2D eigenvalue weighted by Gasteiger charge is -2.15. The van der Waals surface area contributed by atoms with Gasteiger partial charge in [-0.1, -0.05) is 0 Å². The number of amides is 2. The average Bonchev–Trinajstić information content (AvgIpc) is 2.51. The van der Waals surface area contributed by atoms with E-state index in [1.54, 1.807) is 0 Å². The van der Waals surface area contributed by atoms with Crippen molar-refractivity contribution in [1.82, 2.24) is 4.90 Å². The molecular weight excluding hydrogens is 162 g/mol. The summed E-state index contributed by atoms with van der Waals surface area (Å²) in [7, 11) is 0. The molecule has 0 radical (unpaired) electrons. The number of carbonyl (C=O) groups is 2. The predicted molar refractivity (Wildman–Crippen MR) is 39.8 cm³/mol. The molecule has 0 spiro atoms.